The SMILES string of the molecule is COc1cccc(NC(=O)CN2C(=O)C(=CC(C)=Cc3ccccc3)SC2=S)c1. The van der Waals surface area contributed by atoms with Gasteiger partial charge in [0.1, 0.15) is 16.6 Å². The van der Waals surface area contributed by atoms with Crippen molar-refractivity contribution in [2.45, 2.75) is 6.92 Å². The molecular formula is C22H20N2O3S2. The number of thioether (sulfide) groups is 1. The van der Waals surface area contributed by atoms with Gasteiger partial charge >= 0.3 is 0 Å². The van der Waals surface area contributed by atoms with Gasteiger partial charge in [-0.15, -0.1) is 0 Å². The molecule has 0 atom stereocenters. The Labute approximate surface area is 179 Å². The van der Waals surface area contributed by atoms with Crippen molar-refractivity contribution >= 4 is 51.9 Å². The van der Waals surface area contributed by atoms with Crippen LogP contribution in [0.25, 0.3) is 6.08 Å². The summed E-state index contributed by atoms with van der Waals surface area (Å²) in [7, 11) is 1.56. The summed E-state index contributed by atoms with van der Waals surface area (Å²) in [6.45, 7) is 1.79. The number of carbonyl (C=O) groups excluding carboxylic acids is 2. The Morgan fingerprint density at radius 3 is 2.69 bits per heavy atom. The summed E-state index contributed by atoms with van der Waals surface area (Å²) in [5.41, 5.74) is 2.57. The van der Waals surface area contributed by atoms with Gasteiger partial charge in [-0.3, -0.25) is 14.5 Å². The molecule has 0 aliphatic carbocycles. The minimum absolute atomic E-state index is 0.138. The van der Waals surface area contributed by atoms with Crippen molar-refractivity contribution in [1.82, 2.24) is 4.90 Å². The number of methoxy groups -OCH3 is 1. The highest BCUT2D eigenvalue weighted by Crippen LogP contribution is 2.32. The number of ether oxygens (including phenoxy) is 1. The van der Waals surface area contributed by atoms with Crippen molar-refractivity contribution < 1.29 is 14.3 Å². The maximum absolute atomic E-state index is 12.7. The number of nitrogens with one attached hydrogen (secondary N) is 1. The number of hydrogen-bond donors (Lipinski definition) is 1. The van der Waals surface area contributed by atoms with Crippen LogP contribution >= 0.6 is 24.0 Å². The van der Waals surface area contributed by atoms with Crippen LogP contribution < -0.4 is 10.1 Å². The predicted octanol–water partition coefficient (Wildman–Crippen LogP) is 4.48. The zero-order valence-electron chi connectivity index (χ0n) is 16.0. The van der Waals surface area contributed by atoms with Crippen LogP contribution in [0.2, 0.25) is 0 Å². The quantitative estimate of drug-likeness (QED) is 0.547. The first-order valence-corrected chi connectivity index (χ1v) is 10.1. The fraction of sp³-hybridized carbons (Fsp3) is 0.136. The van der Waals surface area contributed by atoms with E-state index < -0.39 is 0 Å². The summed E-state index contributed by atoms with van der Waals surface area (Å²) in [6.07, 6.45) is 3.79. The van der Waals surface area contributed by atoms with Crippen molar-refractivity contribution in [3.05, 3.63) is 76.7 Å². The van der Waals surface area contributed by atoms with Crippen LogP contribution in [-0.4, -0.2) is 34.7 Å². The summed E-state index contributed by atoms with van der Waals surface area (Å²) in [5.74, 6) is 0.0472. The molecule has 0 spiro atoms. The van der Waals surface area contributed by atoms with E-state index in [9.17, 15) is 9.59 Å². The topological polar surface area (TPSA) is 58.6 Å². The third-order valence-corrected chi connectivity index (χ3v) is 5.46. The lowest BCUT2D eigenvalue weighted by Gasteiger charge is -2.14. The van der Waals surface area contributed by atoms with E-state index >= 15 is 0 Å². The second-order valence-electron chi connectivity index (χ2n) is 6.35. The summed E-state index contributed by atoms with van der Waals surface area (Å²) < 4.78 is 5.51. The molecule has 29 heavy (non-hydrogen) atoms. The summed E-state index contributed by atoms with van der Waals surface area (Å²) in [5, 5.41) is 2.76. The Bertz CT molecular complexity index is 1000. The first kappa shape index (κ1) is 20.8. The fourth-order valence-electron chi connectivity index (χ4n) is 2.74. The highest BCUT2D eigenvalue weighted by atomic mass is 32.2. The molecule has 1 N–H and O–H groups in total. The second-order valence-corrected chi connectivity index (χ2v) is 8.02. The first-order valence-electron chi connectivity index (χ1n) is 8.89. The molecule has 2 amide bonds. The van der Waals surface area contributed by atoms with Gasteiger partial charge in [0.25, 0.3) is 5.91 Å². The number of allylic oxidation sites excluding steroid dienone is 2. The van der Waals surface area contributed by atoms with Crippen molar-refractivity contribution in [3.63, 3.8) is 0 Å². The van der Waals surface area contributed by atoms with E-state index in [1.54, 1.807) is 37.5 Å². The minimum atomic E-state index is -0.327. The van der Waals surface area contributed by atoms with E-state index in [1.165, 1.54) is 16.7 Å². The predicted molar refractivity (Wildman–Crippen MR) is 122 cm³/mol. The van der Waals surface area contributed by atoms with E-state index in [0.717, 1.165) is 11.1 Å². The molecule has 2 aromatic carbocycles. The van der Waals surface area contributed by atoms with Gasteiger partial charge in [0.2, 0.25) is 5.91 Å². The van der Waals surface area contributed by atoms with Gasteiger partial charge in [-0.05, 0) is 36.3 Å². The number of carbonyl (C=O) groups is 2. The van der Waals surface area contributed by atoms with Gasteiger partial charge in [-0.1, -0.05) is 66.5 Å². The molecule has 3 rings (SSSR count). The lowest BCUT2D eigenvalue weighted by Crippen LogP contribution is -2.36. The molecule has 1 heterocycles. The number of amides is 2. The van der Waals surface area contributed by atoms with Gasteiger partial charge in [0.15, 0.2) is 0 Å². The number of nitrogens with zero attached hydrogens (tertiary/aromatic N) is 1. The van der Waals surface area contributed by atoms with E-state index in [4.69, 9.17) is 17.0 Å². The van der Waals surface area contributed by atoms with Crippen LogP contribution in [0, 0.1) is 0 Å². The van der Waals surface area contributed by atoms with Crippen molar-refractivity contribution in [1.29, 1.82) is 0 Å². The molecular weight excluding hydrogens is 404 g/mol. The largest absolute Gasteiger partial charge is 0.497 e. The van der Waals surface area contributed by atoms with Crippen molar-refractivity contribution in [3.8, 4) is 5.75 Å². The molecule has 0 saturated carbocycles. The molecule has 0 bridgehead atoms. The monoisotopic (exact) mass is 424 g/mol. The van der Waals surface area contributed by atoms with Gasteiger partial charge in [-0.2, -0.15) is 0 Å². The molecule has 148 valence electrons. The number of rotatable bonds is 6. The maximum Gasteiger partial charge on any atom is 0.266 e. The average Bonchev–Trinajstić information content (AvgIpc) is 2.96. The van der Waals surface area contributed by atoms with Crippen LogP contribution in [0.1, 0.15) is 12.5 Å². The lowest BCUT2D eigenvalue weighted by molar-refractivity contribution is -0.126. The molecule has 1 saturated heterocycles. The van der Waals surface area contributed by atoms with Gasteiger partial charge < -0.3 is 10.1 Å². The molecule has 1 fully saturated rings. The zero-order valence-corrected chi connectivity index (χ0v) is 17.7. The van der Waals surface area contributed by atoms with Gasteiger partial charge in [0.05, 0.1) is 12.0 Å². The van der Waals surface area contributed by atoms with Crippen LogP contribution in [0.15, 0.2) is 71.2 Å². The molecule has 2 aromatic rings. The summed E-state index contributed by atoms with van der Waals surface area (Å²) in [4.78, 5) is 26.9. The Morgan fingerprint density at radius 1 is 1.21 bits per heavy atom. The Hall–Kier alpha value is -2.90. The van der Waals surface area contributed by atoms with Crippen LogP contribution in [0.3, 0.4) is 0 Å². The number of hydrogen-bond acceptors (Lipinski definition) is 5. The normalized spacial score (nSPS) is 15.7. The molecule has 1 aliphatic rings. The zero-order chi connectivity index (χ0) is 20.8. The van der Waals surface area contributed by atoms with E-state index in [0.29, 0.717) is 20.7 Å². The molecule has 5 nitrogen and oxygen atoms in total. The molecule has 0 aromatic heterocycles. The first-order chi connectivity index (χ1) is 14.0. The van der Waals surface area contributed by atoms with Gasteiger partial charge in [0, 0.05) is 11.8 Å². The maximum atomic E-state index is 12.7. The highest BCUT2D eigenvalue weighted by molar-refractivity contribution is 8.26. The van der Waals surface area contributed by atoms with Crippen LogP contribution in [0.5, 0.6) is 5.75 Å². The van der Waals surface area contributed by atoms with Crippen molar-refractivity contribution in [2.75, 3.05) is 19.0 Å². The summed E-state index contributed by atoms with van der Waals surface area (Å²) >= 11 is 6.51. The molecule has 7 heteroatoms. The van der Waals surface area contributed by atoms with Crippen LogP contribution in [0.4, 0.5) is 5.69 Å². The fourth-order valence-corrected chi connectivity index (χ4v) is 4.05. The van der Waals surface area contributed by atoms with Crippen molar-refractivity contribution in [2.24, 2.45) is 0 Å². The third kappa shape index (κ3) is 5.56. The average molecular weight is 425 g/mol. The number of anilines is 1. The Balaban J connectivity index is 1.67. The second kappa shape index (κ2) is 9.54. The number of thiocarbonyl (C=S) groups is 1. The smallest absolute Gasteiger partial charge is 0.266 e. The highest BCUT2D eigenvalue weighted by Gasteiger charge is 2.33. The molecule has 1 aliphatic heterocycles. The molecule has 0 unspecified atom stereocenters. The summed E-state index contributed by atoms with van der Waals surface area (Å²) in [6, 6.07) is 16.9. The number of benzene rings is 2. The van der Waals surface area contributed by atoms with E-state index in [-0.39, 0.29) is 18.4 Å². The third-order valence-electron chi connectivity index (χ3n) is 4.08. The van der Waals surface area contributed by atoms with Gasteiger partial charge in [-0.25, -0.2) is 0 Å². The minimum Gasteiger partial charge on any atom is -0.497 e. The Morgan fingerprint density at radius 2 is 1.97 bits per heavy atom. The Kier molecular flexibility index (Phi) is 6.85. The van der Waals surface area contributed by atoms with E-state index in [1.807, 2.05) is 43.3 Å². The van der Waals surface area contributed by atoms with Crippen LogP contribution in [-0.2, 0) is 9.59 Å². The molecule has 0 radical (unpaired) electrons. The standard InChI is InChI=1S/C22H20N2O3S2/c1-15(11-16-7-4-3-5-8-16)12-19-21(26)24(22(28)29-19)14-20(25)23-17-9-6-10-18(13-17)27-2/h3-13H,14H2,1-2H3,(H,23,25). The van der Waals surface area contributed by atoms with E-state index in [2.05, 4.69) is 5.32 Å². The lowest BCUT2D eigenvalue weighted by atomic mass is 10.1.